The van der Waals surface area contributed by atoms with Crippen molar-refractivity contribution in [3.05, 3.63) is 28.8 Å². The van der Waals surface area contributed by atoms with Crippen LogP contribution in [0, 0.1) is 5.41 Å². The largest absolute Gasteiger partial charge is 0.417 e. The Kier molecular flexibility index (Phi) is 6.93. The number of carbonyl (C=O) groups is 1. The summed E-state index contributed by atoms with van der Waals surface area (Å²) in [5.74, 6) is -0.799. The molecule has 0 unspecified atom stereocenters. The highest BCUT2D eigenvalue weighted by Crippen LogP contribution is 2.37. The average molecular weight is 428 g/mol. The normalized spacial score (nSPS) is 13.4. The fourth-order valence-electron chi connectivity index (χ4n) is 1.77. The molecule has 0 saturated carbocycles. The standard InChI is InChI=1S/C16H21ClF3N3O3S/c1-10(15(2,3)4)21-22-14(24)9-23(27(5,25)26)11-6-7-13(17)12(8-11)16(18,19)20/h6-8H,9H2,1-5H3,(H,22,24)/b21-10-. The number of sulfonamides is 1. The molecule has 0 spiro atoms. The highest BCUT2D eigenvalue weighted by atomic mass is 35.5. The monoisotopic (exact) mass is 427 g/mol. The summed E-state index contributed by atoms with van der Waals surface area (Å²) in [6, 6.07) is 2.60. The lowest BCUT2D eigenvalue weighted by molar-refractivity contribution is -0.137. The zero-order valence-corrected chi connectivity index (χ0v) is 17.1. The number of nitrogens with one attached hydrogen (secondary N) is 1. The molecule has 1 N–H and O–H groups in total. The van der Waals surface area contributed by atoms with E-state index in [1.54, 1.807) is 6.92 Å². The van der Waals surface area contributed by atoms with Gasteiger partial charge >= 0.3 is 6.18 Å². The number of anilines is 1. The van der Waals surface area contributed by atoms with Crippen LogP contribution in [-0.4, -0.2) is 32.8 Å². The summed E-state index contributed by atoms with van der Waals surface area (Å²) in [6.45, 7) is 6.55. The summed E-state index contributed by atoms with van der Waals surface area (Å²) in [5, 5.41) is 3.32. The lowest BCUT2D eigenvalue weighted by Crippen LogP contribution is -2.39. The Labute approximate surface area is 161 Å². The fraction of sp³-hybridized carbons (Fsp3) is 0.500. The Morgan fingerprint density at radius 1 is 1.26 bits per heavy atom. The van der Waals surface area contributed by atoms with Crippen LogP contribution in [-0.2, 0) is 21.0 Å². The molecule has 6 nitrogen and oxygen atoms in total. The minimum Gasteiger partial charge on any atom is -0.271 e. The molecule has 0 aliphatic rings. The molecule has 0 heterocycles. The molecule has 0 aliphatic heterocycles. The van der Waals surface area contributed by atoms with Gasteiger partial charge in [-0.2, -0.15) is 18.3 Å². The van der Waals surface area contributed by atoms with Gasteiger partial charge in [0, 0.05) is 11.1 Å². The van der Waals surface area contributed by atoms with Gasteiger partial charge in [-0.25, -0.2) is 13.8 Å². The van der Waals surface area contributed by atoms with Crippen LogP contribution in [0.15, 0.2) is 23.3 Å². The minimum atomic E-state index is -4.77. The van der Waals surface area contributed by atoms with Crippen molar-refractivity contribution in [2.75, 3.05) is 17.1 Å². The van der Waals surface area contributed by atoms with Crippen molar-refractivity contribution in [1.29, 1.82) is 0 Å². The Bertz CT molecular complexity index is 847. The summed E-state index contributed by atoms with van der Waals surface area (Å²) in [5.41, 5.74) is 0.955. The predicted octanol–water partition coefficient (Wildman–Crippen LogP) is 3.66. The number of amides is 1. The Morgan fingerprint density at radius 3 is 2.26 bits per heavy atom. The molecule has 0 saturated heterocycles. The molecular weight excluding hydrogens is 407 g/mol. The summed E-state index contributed by atoms with van der Waals surface area (Å²) in [4.78, 5) is 12.1. The Morgan fingerprint density at radius 2 is 1.81 bits per heavy atom. The number of rotatable bonds is 5. The first-order chi connectivity index (χ1) is 12.0. The molecule has 1 amide bonds. The van der Waals surface area contributed by atoms with Crippen LogP contribution in [0.3, 0.4) is 0 Å². The number of halogens is 4. The van der Waals surface area contributed by atoms with Gasteiger partial charge in [0.05, 0.1) is 22.5 Å². The topological polar surface area (TPSA) is 78.8 Å². The van der Waals surface area contributed by atoms with Crippen molar-refractivity contribution >= 4 is 38.9 Å². The van der Waals surface area contributed by atoms with E-state index in [2.05, 4.69) is 10.5 Å². The first-order valence-corrected chi connectivity index (χ1v) is 9.94. The smallest absolute Gasteiger partial charge is 0.271 e. The Balaban J connectivity index is 3.18. The molecule has 1 aromatic rings. The Hall–Kier alpha value is -1.81. The van der Waals surface area contributed by atoms with Crippen LogP contribution in [0.4, 0.5) is 18.9 Å². The number of hydrogen-bond donors (Lipinski definition) is 1. The highest BCUT2D eigenvalue weighted by molar-refractivity contribution is 7.92. The van der Waals surface area contributed by atoms with Crippen LogP contribution in [0.2, 0.25) is 5.02 Å². The van der Waals surface area contributed by atoms with E-state index in [1.807, 2.05) is 20.8 Å². The second-order valence-electron chi connectivity index (χ2n) is 6.91. The van der Waals surface area contributed by atoms with Crippen molar-refractivity contribution in [3.63, 3.8) is 0 Å². The minimum absolute atomic E-state index is 0.318. The lowest BCUT2D eigenvalue weighted by Gasteiger charge is -2.23. The predicted molar refractivity (Wildman–Crippen MR) is 99.4 cm³/mol. The van der Waals surface area contributed by atoms with Gasteiger partial charge in [-0.05, 0) is 25.1 Å². The highest BCUT2D eigenvalue weighted by Gasteiger charge is 2.34. The summed E-state index contributed by atoms with van der Waals surface area (Å²) < 4.78 is 63.6. The van der Waals surface area contributed by atoms with Gasteiger partial charge in [-0.15, -0.1) is 0 Å². The van der Waals surface area contributed by atoms with Gasteiger partial charge in [0.15, 0.2) is 0 Å². The molecule has 152 valence electrons. The number of alkyl halides is 3. The molecule has 1 rings (SSSR count). The van der Waals surface area contributed by atoms with E-state index in [4.69, 9.17) is 11.6 Å². The van der Waals surface area contributed by atoms with E-state index in [0.29, 0.717) is 16.1 Å². The third-order valence-corrected chi connectivity index (χ3v) is 5.13. The van der Waals surface area contributed by atoms with E-state index >= 15 is 0 Å². The van der Waals surface area contributed by atoms with Gasteiger partial charge in [0.1, 0.15) is 6.54 Å². The van der Waals surface area contributed by atoms with Gasteiger partial charge < -0.3 is 0 Å². The molecule has 0 atom stereocenters. The summed E-state index contributed by atoms with van der Waals surface area (Å²) in [7, 11) is -4.04. The van der Waals surface area contributed by atoms with Crippen LogP contribution >= 0.6 is 11.6 Å². The first kappa shape index (κ1) is 23.2. The molecular formula is C16H21ClF3N3O3S. The third-order valence-electron chi connectivity index (χ3n) is 3.66. The van der Waals surface area contributed by atoms with Crippen LogP contribution in [0.5, 0.6) is 0 Å². The molecule has 1 aromatic carbocycles. The van der Waals surface area contributed by atoms with Crippen molar-refractivity contribution < 1.29 is 26.4 Å². The van der Waals surface area contributed by atoms with E-state index in [1.165, 1.54) is 0 Å². The van der Waals surface area contributed by atoms with Crippen LogP contribution in [0.25, 0.3) is 0 Å². The van der Waals surface area contributed by atoms with E-state index < -0.39 is 39.2 Å². The maximum absolute atomic E-state index is 13.0. The molecule has 0 aromatic heterocycles. The van der Waals surface area contributed by atoms with Crippen LogP contribution < -0.4 is 9.73 Å². The van der Waals surface area contributed by atoms with Gasteiger partial charge in [-0.3, -0.25) is 9.10 Å². The summed E-state index contributed by atoms with van der Waals surface area (Å²) >= 11 is 5.55. The quantitative estimate of drug-likeness (QED) is 0.575. The number of carbonyl (C=O) groups excluding carboxylic acids is 1. The zero-order valence-electron chi connectivity index (χ0n) is 15.5. The van der Waals surface area contributed by atoms with Crippen molar-refractivity contribution in [2.24, 2.45) is 10.5 Å². The number of benzene rings is 1. The van der Waals surface area contributed by atoms with Crippen LogP contribution in [0.1, 0.15) is 33.3 Å². The van der Waals surface area contributed by atoms with E-state index in [-0.39, 0.29) is 11.1 Å². The molecule has 0 fully saturated rings. The maximum Gasteiger partial charge on any atom is 0.417 e. The maximum atomic E-state index is 13.0. The van der Waals surface area contributed by atoms with E-state index in [0.717, 1.165) is 18.4 Å². The second-order valence-corrected chi connectivity index (χ2v) is 9.23. The number of hydrogen-bond acceptors (Lipinski definition) is 4. The molecule has 11 heteroatoms. The fourth-order valence-corrected chi connectivity index (χ4v) is 2.84. The van der Waals surface area contributed by atoms with Gasteiger partial charge in [0.25, 0.3) is 5.91 Å². The van der Waals surface area contributed by atoms with E-state index in [9.17, 15) is 26.4 Å². The number of hydrazone groups is 1. The zero-order chi connectivity index (χ0) is 21.2. The average Bonchev–Trinajstić information content (AvgIpc) is 2.47. The molecule has 0 aliphatic carbocycles. The molecule has 27 heavy (non-hydrogen) atoms. The SMILES string of the molecule is C/C(=N/NC(=O)CN(c1ccc(Cl)c(C(F)(F)F)c1)S(C)(=O)=O)C(C)(C)C. The summed E-state index contributed by atoms with van der Waals surface area (Å²) in [6.07, 6.45) is -3.99. The lowest BCUT2D eigenvalue weighted by atomic mass is 9.91. The van der Waals surface area contributed by atoms with Crippen molar-refractivity contribution in [2.45, 2.75) is 33.9 Å². The van der Waals surface area contributed by atoms with Gasteiger partial charge in [0.2, 0.25) is 10.0 Å². The third kappa shape index (κ3) is 6.69. The first-order valence-electron chi connectivity index (χ1n) is 7.71. The second kappa shape index (κ2) is 8.05. The van der Waals surface area contributed by atoms with Gasteiger partial charge in [-0.1, -0.05) is 32.4 Å². The number of nitrogens with zero attached hydrogens (tertiary/aromatic N) is 2. The molecule has 0 radical (unpaired) electrons. The molecule has 0 bridgehead atoms. The van der Waals surface area contributed by atoms with Crippen molar-refractivity contribution in [3.8, 4) is 0 Å². The van der Waals surface area contributed by atoms with Crippen molar-refractivity contribution in [1.82, 2.24) is 5.43 Å².